The monoisotopic (exact) mass is 316 g/mol. The molecule has 0 saturated heterocycles. The quantitative estimate of drug-likeness (QED) is 0.753. The lowest BCUT2D eigenvalue weighted by Crippen LogP contribution is -2.36. The molecular formula is C21H32O2. The van der Waals surface area contributed by atoms with Crippen LogP contribution in [-0.4, -0.2) is 22.4 Å². The number of hydrogen-bond donors (Lipinski definition) is 2. The summed E-state index contributed by atoms with van der Waals surface area (Å²) >= 11 is 0. The van der Waals surface area contributed by atoms with Gasteiger partial charge < -0.3 is 10.2 Å². The Morgan fingerprint density at radius 2 is 1.91 bits per heavy atom. The second-order valence-electron chi connectivity index (χ2n) is 8.42. The minimum absolute atomic E-state index is 0.124. The van der Waals surface area contributed by atoms with Crippen molar-refractivity contribution in [3.63, 3.8) is 0 Å². The first-order valence-electron chi connectivity index (χ1n) is 9.29. The number of hydrogen-bond acceptors (Lipinski definition) is 2. The summed E-state index contributed by atoms with van der Waals surface area (Å²) in [5.74, 6) is 1.41. The maximum Gasteiger partial charge on any atom is 0.0837 e. The first kappa shape index (κ1) is 17.0. The van der Waals surface area contributed by atoms with Gasteiger partial charge in [0.25, 0.3) is 0 Å². The summed E-state index contributed by atoms with van der Waals surface area (Å²) in [6, 6.07) is 0. The van der Waals surface area contributed by atoms with Gasteiger partial charge in [-0.2, -0.15) is 0 Å². The van der Waals surface area contributed by atoms with Crippen molar-refractivity contribution in [3.05, 3.63) is 35.5 Å². The summed E-state index contributed by atoms with van der Waals surface area (Å²) in [4.78, 5) is 0. The Morgan fingerprint density at radius 3 is 2.65 bits per heavy atom. The van der Waals surface area contributed by atoms with Gasteiger partial charge in [0.05, 0.1) is 12.2 Å². The molecule has 0 heterocycles. The molecule has 6 atom stereocenters. The summed E-state index contributed by atoms with van der Waals surface area (Å²) in [6.07, 6.45) is 10.4. The first-order chi connectivity index (χ1) is 10.8. The average Bonchev–Trinajstić information content (AvgIpc) is 2.83. The molecule has 0 radical (unpaired) electrons. The molecule has 0 aromatic carbocycles. The molecule has 0 aromatic heterocycles. The standard InChI is InChI=1S/C21H32O2/c1-13-7-10-18-16(6-5-11-21(13,18)4)8-9-17-12-19(22)15(3)20(23)14(17)2/h8-9,13,15,18-20,22-23H,2,5-7,10-12H2,1,3-4H3/b16-8+,17-9-/t13?,15?,18-,19+,20?,21?/m0/s1. The molecule has 0 spiro atoms. The fourth-order valence-electron chi connectivity index (χ4n) is 5.14. The van der Waals surface area contributed by atoms with Crippen LogP contribution < -0.4 is 0 Å². The van der Waals surface area contributed by atoms with E-state index in [0.717, 1.165) is 17.1 Å². The van der Waals surface area contributed by atoms with E-state index < -0.39 is 12.2 Å². The van der Waals surface area contributed by atoms with Crippen LogP contribution in [-0.2, 0) is 0 Å². The van der Waals surface area contributed by atoms with E-state index in [2.05, 4.69) is 32.6 Å². The van der Waals surface area contributed by atoms with Crippen LogP contribution in [0.15, 0.2) is 35.5 Å². The van der Waals surface area contributed by atoms with Crippen LogP contribution in [0.25, 0.3) is 0 Å². The SMILES string of the molecule is C=C1/C(=C\C=C2/CCCC3(C)C(C)CC[C@@H]23)C[C@@H](O)C(C)C1O. The molecule has 0 aromatic rings. The van der Waals surface area contributed by atoms with Gasteiger partial charge in [-0.05, 0) is 66.9 Å². The van der Waals surface area contributed by atoms with Crippen LogP contribution in [0.4, 0.5) is 0 Å². The van der Waals surface area contributed by atoms with Gasteiger partial charge in [-0.25, -0.2) is 0 Å². The van der Waals surface area contributed by atoms with Crippen molar-refractivity contribution in [2.45, 2.75) is 71.5 Å². The Morgan fingerprint density at radius 1 is 1.17 bits per heavy atom. The lowest BCUT2D eigenvalue weighted by atomic mass is 9.64. The highest BCUT2D eigenvalue weighted by molar-refractivity contribution is 5.39. The van der Waals surface area contributed by atoms with E-state index in [-0.39, 0.29) is 5.92 Å². The summed E-state index contributed by atoms with van der Waals surface area (Å²) in [5.41, 5.74) is 3.86. The van der Waals surface area contributed by atoms with Crippen LogP contribution in [0, 0.1) is 23.2 Å². The van der Waals surface area contributed by atoms with Crippen LogP contribution in [0.1, 0.15) is 59.3 Å². The van der Waals surface area contributed by atoms with Crippen molar-refractivity contribution in [2.24, 2.45) is 23.2 Å². The fraction of sp³-hybridized carbons (Fsp3) is 0.714. The molecule has 3 aliphatic carbocycles. The molecule has 3 fully saturated rings. The summed E-state index contributed by atoms with van der Waals surface area (Å²) in [5, 5.41) is 20.4. The van der Waals surface area contributed by atoms with Gasteiger partial charge in [0.15, 0.2) is 0 Å². The lowest BCUT2D eigenvalue weighted by molar-refractivity contribution is 0.0283. The smallest absolute Gasteiger partial charge is 0.0837 e. The molecule has 0 aliphatic heterocycles. The second kappa shape index (κ2) is 6.22. The molecule has 3 saturated carbocycles. The van der Waals surface area contributed by atoms with Crippen LogP contribution in [0.5, 0.6) is 0 Å². The third-order valence-electron chi connectivity index (χ3n) is 7.24. The third kappa shape index (κ3) is 2.85. The van der Waals surface area contributed by atoms with E-state index in [1.54, 1.807) is 5.57 Å². The van der Waals surface area contributed by atoms with Crippen molar-refractivity contribution in [1.82, 2.24) is 0 Å². The number of aliphatic hydroxyl groups excluding tert-OH is 2. The van der Waals surface area contributed by atoms with E-state index in [0.29, 0.717) is 17.8 Å². The Kier molecular flexibility index (Phi) is 4.59. The second-order valence-corrected chi connectivity index (χ2v) is 8.42. The van der Waals surface area contributed by atoms with Crippen LogP contribution >= 0.6 is 0 Å². The van der Waals surface area contributed by atoms with Crippen LogP contribution in [0.2, 0.25) is 0 Å². The molecule has 2 N–H and O–H groups in total. The van der Waals surface area contributed by atoms with Crippen molar-refractivity contribution in [2.75, 3.05) is 0 Å². The van der Waals surface area contributed by atoms with Gasteiger partial charge >= 0.3 is 0 Å². The number of rotatable bonds is 1. The van der Waals surface area contributed by atoms with Gasteiger partial charge in [-0.15, -0.1) is 0 Å². The topological polar surface area (TPSA) is 40.5 Å². The summed E-state index contributed by atoms with van der Waals surface area (Å²) in [6.45, 7) is 10.8. The Bertz CT molecular complexity index is 544. The molecule has 23 heavy (non-hydrogen) atoms. The fourth-order valence-corrected chi connectivity index (χ4v) is 5.14. The molecule has 2 heteroatoms. The van der Waals surface area contributed by atoms with Crippen molar-refractivity contribution >= 4 is 0 Å². The highest BCUT2D eigenvalue weighted by Crippen LogP contribution is 2.57. The van der Waals surface area contributed by atoms with E-state index in [1.165, 1.54) is 32.1 Å². The number of allylic oxidation sites excluding steroid dienone is 3. The minimum Gasteiger partial charge on any atom is -0.392 e. The average molecular weight is 316 g/mol. The zero-order valence-electron chi connectivity index (χ0n) is 14.9. The normalized spacial score (nSPS) is 48.0. The van der Waals surface area contributed by atoms with Crippen molar-refractivity contribution < 1.29 is 10.2 Å². The first-order valence-corrected chi connectivity index (χ1v) is 9.29. The molecule has 3 rings (SSSR count). The largest absolute Gasteiger partial charge is 0.392 e. The van der Waals surface area contributed by atoms with Crippen molar-refractivity contribution in [3.8, 4) is 0 Å². The highest BCUT2D eigenvalue weighted by atomic mass is 16.3. The number of fused-ring (bicyclic) bond motifs is 1. The highest BCUT2D eigenvalue weighted by Gasteiger charge is 2.47. The van der Waals surface area contributed by atoms with Gasteiger partial charge in [0, 0.05) is 5.92 Å². The maximum absolute atomic E-state index is 10.2. The molecule has 0 amide bonds. The maximum atomic E-state index is 10.2. The molecule has 3 aliphatic rings. The molecular weight excluding hydrogens is 284 g/mol. The zero-order valence-corrected chi connectivity index (χ0v) is 14.9. The zero-order chi connectivity index (χ0) is 16.8. The predicted octanol–water partition coefficient (Wildman–Crippen LogP) is 4.39. The summed E-state index contributed by atoms with van der Waals surface area (Å²) in [7, 11) is 0. The Labute approximate surface area is 141 Å². The van der Waals surface area contributed by atoms with Gasteiger partial charge in [-0.1, -0.05) is 45.1 Å². The van der Waals surface area contributed by atoms with E-state index >= 15 is 0 Å². The van der Waals surface area contributed by atoms with Crippen molar-refractivity contribution in [1.29, 1.82) is 0 Å². The Balaban J connectivity index is 1.83. The molecule has 4 unspecified atom stereocenters. The lowest BCUT2D eigenvalue weighted by Gasteiger charge is -2.41. The summed E-state index contributed by atoms with van der Waals surface area (Å²) < 4.78 is 0. The Hall–Kier alpha value is -0.860. The molecule has 0 bridgehead atoms. The van der Waals surface area contributed by atoms with Gasteiger partial charge in [-0.3, -0.25) is 0 Å². The van der Waals surface area contributed by atoms with E-state index in [1.807, 2.05) is 6.92 Å². The minimum atomic E-state index is -0.619. The van der Waals surface area contributed by atoms with Crippen LogP contribution in [0.3, 0.4) is 0 Å². The van der Waals surface area contributed by atoms with Gasteiger partial charge in [0.1, 0.15) is 0 Å². The predicted molar refractivity (Wildman–Crippen MR) is 94.9 cm³/mol. The molecule has 2 nitrogen and oxygen atoms in total. The van der Waals surface area contributed by atoms with Gasteiger partial charge in [0.2, 0.25) is 0 Å². The van der Waals surface area contributed by atoms with E-state index in [4.69, 9.17) is 0 Å². The number of aliphatic hydroxyl groups is 2. The molecule has 128 valence electrons. The van der Waals surface area contributed by atoms with E-state index in [9.17, 15) is 10.2 Å². The third-order valence-corrected chi connectivity index (χ3v) is 7.24.